The molecule has 114 valence electrons. The number of halogens is 1. The summed E-state index contributed by atoms with van der Waals surface area (Å²) in [6, 6.07) is 6.20. The minimum absolute atomic E-state index is 0.00822. The highest BCUT2D eigenvalue weighted by molar-refractivity contribution is 5.43. The van der Waals surface area contributed by atoms with Crippen molar-refractivity contribution in [3.8, 4) is 11.6 Å². The smallest absolute Gasteiger partial charge is 0.220 e. The SMILES string of the molecule is COc1c(CCO)c(C(C)(C)C)nn1-c1cccc(F)c1. The van der Waals surface area contributed by atoms with E-state index in [1.54, 1.807) is 23.9 Å². The Morgan fingerprint density at radius 2 is 2.05 bits per heavy atom. The van der Waals surface area contributed by atoms with Crippen molar-refractivity contribution in [2.24, 2.45) is 0 Å². The van der Waals surface area contributed by atoms with Crippen LogP contribution in [0.3, 0.4) is 0 Å². The summed E-state index contributed by atoms with van der Waals surface area (Å²) in [6.07, 6.45) is 0.449. The van der Waals surface area contributed by atoms with Crippen molar-refractivity contribution in [3.05, 3.63) is 41.3 Å². The first kappa shape index (κ1) is 15.5. The molecular formula is C16H21FN2O2. The van der Waals surface area contributed by atoms with Gasteiger partial charge >= 0.3 is 0 Å². The standard InChI is InChI=1S/C16H21FN2O2/c1-16(2,3)14-13(8-9-20)15(21-4)19(18-14)12-7-5-6-11(17)10-12/h5-7,10,20H,8-9H2,1-4H3. The first-order valence-electron chi connectivity index (χ1n) is 6.91. The van der Waals surface area contributed by atoms with Crippen LogP contribution in [0.5, 0.6) is 5.88 Å². The molecule has 1 aromatic carbocycles. The molecule has 0 atom stereocenters. The van der Waals surface area contributed by atoms with Crippen LogP contribution >= 0.6 is 0 Å². The Labute approximate surface area is 124 Å². The number of aliphatic hydroxyl groups excluding tert-OH is 1. The predicted molar refractivity (Wildman–Crippen MR) is 79.6 cm³/mol. The largest absolute Gasteiger partial charge is 0.481 e. The number of aliphatic hydroxyl groups is 1. The van der Waals surface area contributed by atoms with Gasteiger partial charge in [-0.1, -0.05) is 26.8 Å². The average molecular weight is 292 g/mol. The van der Waals surface area contributed by atoms with Crippen LogP contribution in [-0.4, -0.2) is 28.6 Å². The highest BCUT2D eigenvalue weighted by Crippen LogP contribution is 2.33. The van der Waals surface area contributed by atoms with Crippen molar-refractivity contribution in [2.75, 3.05) is 13.7 Å². The van der Waals surface area contributed by atoms with Gasteiger partial charge in [-0.25, -0.2) is 9.07 Å². The highest BCUT2D eigenvalue weighted by Gasteiger charge is 2.27. The number of benzene rings is 1. The van der Waals surface area contributed by atoms with Gasteiger partial charge in [-0.15, -0.1) is 0 Å². The maximum atomic E-state index is 13.5. The van der Waals surface area contributed by atoms with Crippen molar-refractivity contribution in [2.45, 2.75) is 32.6 Å². The van der Waals surface area contributed by atoms with E-state index in [1.165, 1.54) is 12.1 Å². The number of aromatic nitrogens is 2. The Balaban J connectivity index is 2.66. The molecule has 2 rings (SSSR count). The Hall–Kier alpha value is -1.88. The second-order valence-corrected chi connectivity index (χ2v) is 5.95. The fraction of sp³-hybridized carbons (Fsp3) is 0.438. The number of ether oxygens (including phenoxy) is 1. The maximum absolute atomic E-state index is 13.5. The van der Waals surface area contributed by atoms with Crippen molar-refractivity contribution in [1.82, 2.24) is 9.78 Å². The van der Waals surface area contributed by atoms with E-state index >= 15 is 0 Å². The van der Waals surface area contributed by atoms with Crippen LogP contribution in [0.15, 0.2) is 24.3 Å². The molecule has 0 fully saturated rings. The topological polar surface area (TPSA) is 47.3 Å². The molecule has 0 unspecified atom stereocenters. The molecule has 21 heavy (non-hydrogen) atoms. The van der Waals surface area contributed by atoms with E-state index in [0.29, 0.717) is 18.0 Å². The molecule has 0 spiro atoms. The molecule has 1 aromatic heterocycles. The van der Waals surface area contributed by atoms with Gasteiger partial charge in [-0.2, -0.15) is 5.10 Å². The van der Waals surface area contributed by atoms with Crippen LogP contribution in [0.2, 0.25) is 0 Å². The Bertz CT molecular complexity index is 630. The van der Waals surface area contributed by atoms with Crippen LogP contribution in [0.1, 0.15) is 32.0 Å². The van der Waals surface area contributed by atoms with E-state index in [0.717, 1.165) is 11.3 Å². The fourth-order valence-electron chi connectivity index (χ4n) is 2.37. The summed E-state index contributed by atoms with van der Waals surface area (Å²) in [5, 5.41) is 13.9. The predicted octanol–water partition coefficient (Wildman–Crippen LogP) is 2.85. The third-order valence-electron chi connectivity index (χ3n) is 3.25. The van der Waals surface area contributed by atoms with Gasteiger partial charge in [-0.3, -0.25) is 0 Å². The first-order chi connectivity index (χ1) is 9.88. The van der Waals surface area contributed by atoms with Crippen LogP contribution in [-0.2, 0) is 11.8 Å². The molecule has 2 aromatic rings. The lowest BCUT2D eigenvalue weighted by Gasteiger charge is -2.17. The molecule has 0 amide bonds. The lowest BCUT2D eigenvalue weighted by molar-refractivity contribution is 0.295. The molecule has 0 saturated heterocycles. The van der Waals surface area contributed by atoms with Gasteiger partial charge in [0.25, 0.3) is 0 Å². The third-order valence-corrected chi connectivity index (χ3v) is 3.25. The number of nitrogens with zero attached hydrogens (tertiary/aromatic N) is 2. The van der Waals surface area contributed by atoms with Crippen LogP contribution in [0.25, 0.3) is 5.69 Å². The molecule has 0 aliphatic carbocycles. The van der Waals surface area contributed by atoms with Crippen molar-refractivity contribution >= 4 is 0 Å². The van der Waals surface area contributed by atoms with Crippen molar-refractivity contribution < 1.29 is 14.2 Å². The lowest BCUT2D eigenvalue weighted by Crippen LogP contribution is -2.15. The minimum Gasteiger partial charge on any atom is -0.481 e. The molecule has 0 bridgehead atoms. The third kappa shape index (κ3) is 3.08. The van der Waals surface area contributed by atoms with Crippen LogP contribution in [0, 0.1) is 5.82 Å². The van der Waals surface area contributed by atoms with Gasteiger partial charge in [0, 0.05) is 24.0 Å². The summed E-state index contributed by atoms with van der Waals surface area (Å²) in [5.41, 5.74) is 2.10. The quantitative estimate of drug-likeness (QED) is 0.942. The molecule has 4 nitrogen and oxygen atoms in total. The summed E-state index contributed by atoms with van der Waals surface area (Å²) < 4.78 is 20.5. The Morgan fingerprint density at radius 1 is 1.33 bits per heavy atom. The van der Waals surface area contributed by atoms with Crippen molar-refractivity contribution in [1.29, 1.82) is 0 Å². The van der Waals surface area contributed by atoms with Crippen LogP contribution in [0.4, 0.5) is 4.39 Å². The molecule has 1 heterocycles. The molecule has 0 aliphatic heterocycles. The molecule has 0 saturated carbocycles. The second kappa shape index (κ2) is 5.85. The summed E-state index contributed by atoms with van der Waals surface area (Å²) in [7, 11) is 1.56. The first-order valence-corrected chi connectivity index (χ1v) is 6.91. The molecule has 0 radical (unpaired) electrons. The van der Waals surface area contributed by atoms with Gasteiger partial charge in [0.1, 0.15) is 5.82 Å². The van der Waals surface area contributed by atoms with Gasteiger partial charge in [0.05, 0.1) is 18.5 Å². The number of hydrogen-bond acceptors (Lipinski definition) is 3. The molecule has 0 aliphatic rings. The van der Waals surface area contributed by atoms with Gasteiger partial charge < -0.3 is 9.84 Å². The van der Waals surface area contributed by atoms with Gasteiger partial charge in [0.2, 0.25) is 5.88 Å². The van der Waals surface area contributed by atoms with Gasteiger partial charge in [-0.05, 0) is 18.2 Å². The van der Waals surface area contributed by atoms with Crippen LogP contribution < -0.4 is 4.74 Å². The molecule has 1 N–H and O–H groups in total. The molecular weight excluding hydrogens is 271 g/mol. The average Bonchev–Trinajstić information content (AvgIpc) is 2.77. The zero-order valence-electron chi connectivity index (χ0n) is 12.9. The summed E-state index contributed by atoms with van der Waals surface area (Å²) in [4.78, 5) is 0. The van der Waals surface area contributed by atoms with Gasteiger partial charge in [0.15, 0.2) is 0 Å². The minimum atomic E-state index is -0.328. The fourth-order valence-corrected chi connectivity index (χ4v) is 2.37. The normalized spacial score (nSPS) is 11.7. The Kier molecular flexibility index (Phi) is 4.32. The monoisotopic (exact) mass is 292 g/mol. The second-order valence-electron chi connectivity index (χ2n) is 5.95. The van der Waals surface area contributed by atoms with E-state index in [9.17, 15) is 9.50 Å². The van der Waals surface area contributed by atoms with E-state index in [-0.39, 0.29) is 17.8 Å². The number of hydrogen-bond donors (Lipinski definition) is 1. The zero-order chi connectivity index (χ0) is 15.6. The maximum Gasteiger partial charge on any atom is 0.220 e. The van der Waals surface area contributed by atoms with E-state index in [2.05, 4.69) is 5.10 Å². The highest BCUT2D eigenvalue weighted by atomic mass is 19.1. The lowest BCUT2D eigenvalue weighted by atomic mass is 9.88. The van der Waals surface area contributed by atoms with Crippen molar-refractivity contribution in [3.63, 3.8) is 0 Å². The van der Waals surface area contributed by atoms with E-state index in [4.69, 9.17) is 4.74 Å². The molecule has 5 heteroatoms. The summed E-state index contributed by atoms with van der Waals surface area (Å²) >= 11 is 0. The van der Waals surface area contributed by atoms with E-state index in [1.807, 2.05) is 20.8 Å². The number of rotatable bonds is 4. The zero-order valence-corrected chi connectivity index (χ0v) is 12.9. The summed E-state index contributed by atoms with van der Waals surface area (Å²) in [6.45, 7) is 6.15. The Morgan fingerprint density at radius 3 is 2.57 bits per heavy atom. The number of methoxy groups -OCH3 is 1. The summed E-state index contributed by atoms with van der Waals surface area (Å²) in [5.74, 6) is 0.214. The van der Waals surface area contributed by atoms with E-state index < -0.39 is 0 Å².